The molecule has 0 aliphatic carbocycles. The molecule has 0 fully saturated rings. The van der Waals surface area contributed by atoms with E-state index in [9.17, 15) is 0 Å². The van der Waals surface area contributed by atoms with Gasteiger partial charge < -0.3 is 0 Å². The van der Waals surface area contributed by atoms with Gasteiger partial charge in [-0.05, 0) is 35.2 Å². The normalized spacial score (nSPS) is 13.5. The Morgan fingerprint density at radius 2 is 1.64 bits per heavy atom. The second-order valence-electron chi connectivity index (χ2n) is 5.34. The van der Waals surface area contributed by atoms with Crippen LogP contribution in [0.15, 0.2) is 59.2 Å². The van der Waals surface area contributed by atoms with E-state index in [0.29, 0.717) is 0 Å². The van der Waals surface area contributed by atoms with E-state index in [2.05, 4.69) is 39.6 Å². The molecule has 0 bridgehead atoms. The molecule has 4 aromatic rings. The van der Waals surface area contributed by atoms with Crippen LogP contribution in [-0.4, -0.2) is 15.7 Å². The molecule has 104 valence electrons. The summed E-state index contributed by atoms with van der Waals surface area (Å²) in [6.07, 6.45) is 4.52. The minimum absolute atomic E-state index is 0.864. The SMILES string of the molecule is c1csc(C2=Nc3c(c4cccnc4c4ncccc34)C2)c1. The van der Waals surface area contributed by atoms with Crippen LogP contribution < -0.4 is 0 Å². The maximum absolute atomic E-state index is 4.93. The number of hydrogen-bond donors (Lipinski definition) is 0. The van der Waals surface area contributed by atoms with Crippen molar-refractivity contribution in [1.82, 2.24) is 9.97 Å². The zero-order chi connectivity index (χ0) is 14.5. The Labute approximate surface area is 131 Å². The molecule has 3 aromatic heterocycles. The van der Waals surface area contributed by atoms with Crippen molar-refractivity contribution in [3.8, 4) is 0 Å². The van der Waals surface area contributed by atoms with Gasteiger partial charge in [0.2, 0.25) is 0 Å². The maximum atomic E-state index is 4.93. The Hall–Kier alpha value is -2.59. The van der Waals surface area contributed by atoms with E-state index in [1.807, 2.05) is 24.5 Å². The number of aliphatic imine (C=N–C) groups is 1. The van der Waals surface area contributed by atoms with Crippen LogP contribution in [0.4, 0.5) is 5.69 Å². The molecule has 1 aliphatic rings. The van der Waals surface area contributed by atoms with Crippen molar-refractivity contribution in [1.29, 1.82) is 0 Å². The topological polar surface area (TPSA) is 38.1 Å². The van der Waals surface area contributed by atoms with Gasteiger partial charge in [0.15, 0.2) is 0 Å². The van der Waals surface area contributed by atoms with E-state index in [4.69, 9.17) is 4.99 Å². The molecule has 4 heteroatoms. The Morgan fingerprint density at radius 3 is 2.41 bits per heavy atom. The van der Waals surface area contributed by atoms with Crippen molar-refractivity contribution in [2.75, 3.05) is 0 Å². The fraction of sp³-hybridized carbons (Fsp3) is 0.0556. The lowest BCUT2D eigenvalue weighted by Crippen LogP contribution is -1.97. The van der Waals surface area contributed by atoms with Gasteiger partial charge in [-0.15, -0.1) is 11.3 Å². The minimum atomic E-state index is 0.864. The molecule has 0 saturated heterocycles. The summed E-state index contributed by atoms with van der Waals surface area (Å²) in [7, 11) is 0. The smallest absolute Gasteiger partial charge is 0.0986 e. The van der Waals surface area contributed by atoms with Crippen LogP contribution >= 0.6 is 11.3 Å². The molecule has 22 heavy (non-hydrogen) atoms. The van der Waals surface area contributed by atoms with Gasteiger partial charge in [0.05, 0.1) is 22.4 Å². The second kappa shape index (κ2) is 4.45. The van der Waals surface area contributed by atoms with E-state index in [1.54, 1.807) is 11.3 Å². The molecule has 0 amide bonds. The molecule has 0 saturated carbocycles. The summed E-state index contributed by atoms with van der Waals surface area (Å²) in [5.41, 5.74) is 5.39. The van der Waals surface area contributed by atoms with Crippen molar-refractivity contribution in [2.24, 2.45) is 4.99 Å². The van der Waals surface area contributed by atoms with Crippen LogP contribution in [0.3, 0.4) is 0 Å². The van der Waals surface area contributed by atoms with Gasteiger partial charge >= 0.3 is 0 Å². The Bertz CT molecular complexity index is 1050. The third-order valence-corrected chi connectivity index (χ3v) is 5.02. The number of pyridine rings is 2. The number of nitrogens with zero attached hydrogens (tertiary/aromatic N) is 3. The quantitative estimate of drug-likeness (QED) is 0.485. The molecule has 0 N–H and O–H groups in total. The van der Waals surface area contributed by atoms with Gasteiger partial charge in [0.25, 0.3) is 0 Å². The van der Waals surface area contributed by atoms with Crippen molar-refractivity contribution in [3.05, 3.63) is 64.6 Å². The molecule has 3 nitrogen and oxygen atoms in total. The van der Waals surface area contributed by atoms with Gasteiger partial charge in [0.1, 0.15) is 0 Å². The van der Waals surface area contributed by atoms with E-state index in [0.717, 1.165) is 34.2 Å². The highest BCUT2D eigenvalue weighted by molar-refractivity contribution is 7.12. The molecule has 0 atom stereocenters. The second-order valence-corrected chi connectivity index (χ2v) is 6.29. The number of fused-ring (bicyclic) bond motifs is 6. The van der Waals surface area contributed by atoms with Crippen molar-refractivity contribution in [3.63, 3.8) is 0 Å². The maximum Gasteiger partial charge on any atom is 0.0986 e. The molecular weight excluding hydrogens is 290 g/mol. The van der Waals surface area contributed by atoms with Crippen LogP contribution in [0, 0.1) is 0 Å². The van der Waals surface area contributed by atoms with Crippen LogP contribution in [0.2, 0.25) is 0 Å². The largest absolute Gasteiger partial charge is 0.254 e. The summed E-state index contributed by atoms with van der Waals surface area (Å²) < 4.78 is 0. The van der Waals surface area contributed by atoms with Crippen LogP contribution in [0.25, 0.3) is 21.8 Å². The Balaban J connectivity index is 1.89. The highest BCUT2D eigenvalue weighted by Gasteiger charge is 2.23. The van der Waals surface area contributed by atoms with Gasteiger partial charge in [-0.2, -0.15) is 0 Å². The van der Waals surface area contributed by atoms with Crippen molar-refractivity contribution in [2.45, 2.75) is 6.42 Å². The van der Waals surface area contributed by atoms with Gasteiger partial charge in [-0.25, -0.2) is 0 Å². The standard InChI is InChI=1S/C18H11N3S/c1-4-11-13-10-14(15-6-3-9-22-15)21-16(13)12-5-2-8-20-18(12)17(11)19-7-1/h1-9H,10H2. The van der Waals surface area contributed by atoms with Crippen LogP contribution in [0.5, 0.6) is 0 Å². The average molecular weight is 301 g/mol. The molecule has 0 spiro atoms. The summed E-state index contributed by atoms with van der Waals surface area (Å²) in [5, 5.41) is 4.36. The third-order valence-electron chi connectivity index (χ3n) is 4.10. The van der Waals surface area contributed by atoms with Crippen LogP contribution in [0.1, 0.15) is 10.4 Å². The number of benzene rings is 1. The number of thiophene rings is 1. The Morgan fingerprint density at radius 1 is 0.864 bits per heavy atom. The van der Waals surface area contributed by atoms with Gasteiger partial charge in [0, 0.05) is 34.5 Å². The summed E-state index contributed by atoms with van der Waals surface area (Å²) >= 11 is 1.74. The van der Waals surface area contributed by atoms with Crippen molar-refractivity contribution >= 4 is 44.5 Å². The van der Waals surface area contributed by atoms with E-state index in [-0.39, 0.29) is 0 Å². The lowest BCUT2D eigenvalue weighted by atomic mass is 9.99. The van der Waals surface area contributed by atoms with E-state index >= 15 is 0 Å². The number of rotatable bonds is 1. The molecule has 5 rings (SSSR count). The van der Waals surface area contributed by atoms with E-state index < -0.39 is 0 Å². The lowest BCUT2D eigenvalue weighted by molar-refractivity contribution is 1.35. The minimum Gasteiger partial charge on any atom is -0.254 e. The zero-order valence-electron chi connectivity index (χ0n) is 11.7. The molecule has 4 heterocycles. The predicted octanol–water partition coefficient (Wildman–Crippen LogP) is 4.52. The molecule has 0 radical (unpaired) electrons. The van der Waals surface area contributed by atoms with Crippen molar-refractivity contribution < 1.29 is 0 Å². The lowest BCUT2D eigenvalue weighted by Gasteiger charge is -2.08. The average Bonchev–Trinajstić information content (AvgIpc) is 3.24. The van der Waals surface area contributed by atoms with Gasteiger partial charge in [-0.1, -0.05) is 12.1 Å². The number of hydrogen-bond acceptors (Lipinski definition) is 4. The first-order valence-electron chi connectivity index (χ1n) is 7.17. The third kappa shape index (κ3) is 1.58. The molecule has 0 unspecified atom stereocenters. The van der Waals surface area contributed by atoms with Gasteiger partial charge in [-0.3, -0.25) is 15.0 Å². The monoisotopic (exact) mass is 301 g/mol. The first kappa shape index (κ1) is 12.0. The van der Waals surface area contributed by atoms with Crippen LogP contribution in [-0.2, 0) is 6.42 Å². The van der Waals surface area contributed by atoms with E-state index in [1.165, 1.54) is 15.8 Å². The predicted molar refractivity (Wildman–Crippen MR) is 91.3 cm³/mol. The fourth-order valence-electron chi connectivity index (χ4n) is 3.15. The first-order valence-corrected chi connectivity index (χ1v) is 8.05. The summed E-state index contributed by atoms with van der Waals surface area (Å²) in [4.78, 5) is 15.3. The summed E-state index contributed by atoms with van der Waals surface area (Å²) in [6, 6.07) is 12.4. The summed E-state index contributed by atoms with van der Waals surface area (Å²) in [6.45, 7) is 0. The Kier molecular flexibility index (Phi) is 2.43. The molecule has 1 aromatic carbocycles. The first-order chi connectivity index (χ1) is 10.9. The zero-order valence-corrected chi connectivity index (χ0v) is 12.5. The highest BCUT2D eigenvalue weighted by Crippen LogP contribution is 2.41. The fourth-order valence-corrected chi connectivity index (χ4v) is 3.86. The molecule has 1 aliphatic heterocycles. The number of aromatic nitrogens is 2. The summed E-state index contributed by atoms with van der Waals surface area (Å²) in [5.74, 6) is 0. The molecular formula is C18H11N3S. The highest BCUT2D eigenvalue weighted by atomic mass is 32.1.